The number of aromatic carboxylic acids is 1. The van der Waals surface area contributed by atoms with E-state index in [9.17, 15) is 9.90 Å². The first kappa shape index (κ1) is 16.1. The number of methoxy groups -OCH3 is 2. The molecule has 1 aliphatic heterocycles. The summed E-state index contributed by atoms with van der Waals surface area (Å²) < 4.78 is 12.3. The van der Waals surface area contributed by atoms with Gasteiger partial charge in [0.25, 0.3) is 0 Å². The number of nitrogens with one attached hydrogen (secondary N) is 1. The van der Waals surface area contributed by atoms with Crippen LogP contribution >= 0.6 is 11.3 Å². The van der Waals surface area contributed by atoms with Crippen LogP contribution in [0.2, 0.25) is 0 Å². The Morgan fingerprint density at radius 1 is 1.32 bits per heavy atom. The lowest BCUT2D eigenvalue weighted by Crippen LogP contribution is -2.20. The topological polar surface area (TPSA) is 116 Å². The average molecular weight is 324 g/mol. The Hall–Kier alpha value is -2.32. The summed E-state index contributed by atoms with van der Waals surface area (Å²) in [7, 11) is 3.12. The molecule has 0 bridgehead atoms. The molecule has 2 heterocycles. The Labute approximate surface area is 130 Å². The molecular formula is C14H16N2O5S. The molecule has 7 nitrogen and oxygen atoms in total. The van der Waals surface area contributed by atoms with E-state index in [-0.39, 0.29) is 15.2 Å². The van der Waals surface area contributed by atoms with E-state index in [2.05, 4.69) is 0 Å². The van der Waals surface area contributed by atoms with E-state index in [1.54, 1.807) is 24.9 Å². The SMILES string of the molecule is COc1cc2c(cc1OC)-c1c(C(=O)O)sc(=N)n1CC2.O. The van der Waals surface area contributed by atoms with Gasteiger partial charge in [-0.1, -0.05) is 11.3 Å². The summed E-state index contributed by atoms with van der Waals surface area (Å²) in [5.41, 5.74) is 2.39. The van der Waals surface area contributed by atoms with Crippen molar-refractivity contribution in [2.24, 2.45) is 0 Å². The van der Waals surface area contributed by atoms with Gasteiger partial charge in [-0.25, -0.2) is 4.79 Å². The van der Waals surface area contributed by atoms with Crippen LogP contribution < -0.4 is 14.3 Å². The summed E-state index contributed by atoms with van der Waals surface area (Å²) in [6.45, 7) is 0.598. The largest absolute Gasteiger partial charge is 0.493 e. The Balaban J connectivity index is 0.00000176. The number of carboxylic acids is 1. The van der Waals surface area contributed by atoms with Gasteiger partial charge in [0, 0.05) is 12.1 Å². The number of ether oxygens (including phenoxy) is 2. The Bertz CT molecular complexity index is 793. The molecule has 1 aliphatic rings. The monoisotopic (exact) mass is 324 g/mol. The van der Waals surface area contributed by atoms with E-state index < -0.39 is 5.97 Å². The van der Waals surface area contributed by atoms with Crippen LogP contribution in [-0.4, -0.2) is 35.3 Å². The van der Waals surface area contributed by atoms with Crippen molar-refractivity contribution in [2.45, 2.75) is 13.0 Å². The molecule has 1 aromatic carbocycles. The van der Waals surface area contributed by atoms with E-state index in [4.69, 9.17) is 14.9 Å². The number of thiazole rings is 1. The van der Waals surface area contributed by atoms with Gasteiger partial charge < -0.3 is 24.6 Å². The van der Waals surface area contributed by atoms with Crippen molar-refractivity contribution in [2.75, 3.05) is 14.2 Å². The van der Waals surface area contributed by atoms with Crippen molar-refractivity contribution in [3.05, 3.63) is 27.4 Å². The van der Waals surface area contributed by atoms with Gasteiger partial charge in [-0.05, 0) is 24.1 Å². The summed E-state index contributed by atoms with van der Waals surface area (Å²) in [5.74, 6) is 0.173. The number of fused-ring (bicyclic) bond motifs is 3. The molecular weight excluding hydrogens is 308 g/mol. The highest BCUT2D eigenvalue weighted by molar-refractivity contribution is 7.11. The van der Waals surface area contributed by atoms with Crippen molar-refractivity contribution in [3.8, 4) is 22.8 Å². The molecule has 0 fully saturated rings. The molecule has 4 N–H and O–H groups in total. The molecule has 0 amide bonds. The molecule has 8 heteroatoms. The van der Waals surface area contributed by atoms with Crippen LogP contribution in [0.15, 0.2) is 12.1 Å². The van der Waals surface area contributed by atoms with E-state index in [1.165, 1.54) is 0 Å². The summed E-state index contributed by atoms with van der Waals surface area (Å²) >= 11 is 0.983. The maximum Gasteiger partial charge on any atom is 0.348 e. The molecule has 2 aromatic rings. The minimum absolute atomic E-state index is 0. The number of aryl methyl sites for hydroxylation is 1. The first-order valence-electron chi connectivity index (χ1n) is 6.33. The molecule has 0 spiro atoms. The third-order valence-electron chi connectivity index (χ3n) is 3.59. The van der Waals surface area contributed by atoms with E-state index in [1.807, 2.05) is 6.07 Å². The Morgan fingerprint density at radius 2 is 1.95 bits per heavy atom. The van der Waals surface area contributed by atoms with Crippen LogP contribution in [0.25, 0.3) is 11.3 Å². The van der Waals surface area contributed by atoms with E-state index in [0.29, 0.717) is 23.7 Å². The van der Waals surface area contributed by atoms with Gasteiger partial charge in [0.2, 0.25) is 0 Å². The van der Waals surface area contributed by atoms with Gasteiger partial charge in [-0.15, -0.1) is 0 Å². The number of hydrogen-bond acceptors (Lipinski definition) is 5. The van der Waals surface area contributed by atoms with Crippen molar-refractivity contribution in [3.63, 3.8) is 0 Å². The summed E-state index contributed by atoms with van der Waals surface area (Å²) in [6, 6.07) is 3.67. The predicted molar refractivity (Wildman–Crippen MR) is 81.0 cm³/mol. The van der Waals surface area contributed by atoms with Crippen LogP contribution in [0.3, 0.4) is 0 Å². The minimum Gasteiger partial charge on any atom is -0.493 e. The fraction of sp³-hybridized carbons (Fsp3) is 0.286. The fourth-order valence-corrected chi connectivity index (χ4v) is 3.52. The molecule has 0 aliphatic carbocycles. The lowest BCUT2D eigenvalue weighted by molar-refractivity contribution is 0.0702. The normalized spacial score (nSPS) is 11.9. The van der Waals surface area contributed by atoms with Crippen molar-refractivity contribution in [1.29, 1.82) is 5.41 Å². The summed E-state index contributed by atoms with van der Waals surface area (Å²) in [5, 5.41) is 17.3. The third-order valence-corrected chi connectivity index (χ3v) is 4.58. The third kappa shape index (κ3) is 2.26. The van der Waals surface area contributed by atoms with Crippen LogP contribution in [-0.2, 0) is 13.0 Å². The van der Waals surface area contributed by atoms with Crippen LogP contribution in [0.1, 0.15) is 15.2 Å². The zero-order chi connectivity index (χ0) is 15.1. The number of carboxylic acid groups (broad SMARTS) is 1. The van der Waals surface area contributed by atoms with Gasteiger partial charge in [0.15, 0.2) is 16.3 Å². The lowest BCUT2D eigenvalue weighted by Gasteiger charge is -2.21. The van der Waals surface area contributed by atoms with Crippen LogP contribution in [0, 0.1) is 5.41 Å². The number of carbonyl (C=O) groups is 1. The highest BCUT2D eigenvalue weighted by atomic mass is 32.1. The molecule has 0 saturated carbocycles. The van der Waals surface area contributed by atoms with Gasteiger partial charge in [-0.3, -0.25) is 5.41 Å². The number of aromatic nitrogens is 1. The van der Waals surface area contributed by atoms with E-state index in [0.717, 1.165) is 28.9 Å². The first-order valence-corrected chi connectivity index (χ1v) is 7.15. The minimum atomic E-state index is -1.01. The van der Waals surface area contributed by atoms with Crippen molar-refractivity contribution < 1.29 is 24.9 Å². The lowest BCUT2D eigenvalue weighted by atomic mass is 9.96. The second kappa shape index (κ2) is 5.82. The van der Waals surface area contributed by atoms with Crippen molar-refractivity contribution >= 4 is 17.3 Å². The fourth-order valence-electron chi connectivity index (χ4n) is 2.63. The molecule has 1 aromatic heterocycles. The van der Waals surface area contributed by atoms with Crippen LogP contribution in [0.5, 0.6) is 11.5 Å². The van der Waals surface area contributed by atoms with Gasteiger partial charge in [-0.2, -0.15) is 0 Å². The standard InChI is InChI=1S/C14H14N2O4S.H2O/c1-19-9-5-7-3-4-16-11(8(7)6-10(9)20-2)12(13(17)18)21-14(16)15;/h5-6,15H,3-4H2,1-2H3,(H,17,18);1H2. The highest BCUT2D eigenvalue weighted by Gasteiger charge is 2.27. The number of benzene rings is 1. The second-order valence-corrected chi connectivity index (χ2v) is 5.66. The summed E-state index contributed by atoms with van der Waals surface area (Å²) in [6.07, 6.45) is 0.731. The Kier molecular flexibility index (Phi) is 4.25. The van der Waals surface area contributed by atoms with Gasteiger partial charge >= 0.3 is 5.97 Å². The Morgan fingerprint density at radius 3 is 2.55 bits per heavy atom. The number of rotatable bonds is 3. The van der Waals surface area contributed by atoms with E-state index >= 15 is 0 Å². The number of hydrogen-bond donors (Lipinski definition) is 2. The molecule has 0 saturated heterocycles. The zero-order valence-corrected chi connectivity index (χ0v) is 12.9. The quantitative estimate of drug-likeness (QED) is 0.880. The van der Waals surface area contributed by atoms with Crippen LogP contribution in [0.4, 0.5) is 0 Å². The molecule has 0 unspecified atom stereocenters. The molecule has 3 rings (SSSR count). The maximum absolute atomic E-state index is 11.4. The maximum atomic E-state index is 11.4. The van der Waals surface area contributed by atoms with Crippen molar-refractivity contribution in [1.82, 2.24) is 4.57 Å². The molecule has 118 valence electrons. The second-order valence-electron chi connectivity index (χ2n) is 4.66. The number of nitrogens with zero attached hydrogens (tertiary/aromatic N) is 1. The van der Waals surface area contributed by atoms with Gasteiger partial charge in [0.05, 0.1) is 19.9 Å². The van der Waals surface area contributed by atoms with Gasteiger partial charge in [0.1, 0.15) is 4.88 Å². The first-order chi connectivity index (χ1) is 10.1. The summed E-state index contributed by atoms with van der Waals surface area (Å²) in [4.78, 5) is 11.9. The predicted octanol–water partition coefficient (Wildman–Crippen LogP) is 1.14. The molecule has 0 radical (unpaired) electrons. The molecule has 22 heavy (non-hydrogen) atoms. The zero-order valence-electron chi connectivity index (χ0n) is 12.1. The molecule has 0 atom stereocenters. The smallest absolute Gasteiger partial charge is 0.348 e. The average Bonchev–Trinajstić information content (AvgIpc) is 2.83. The highest BCUT2D eigenvalue weighted by Crippen LogP contribution is 2.40.